The highest BCUT2D eigenvalue weighted by Crippen LogP contribution is 2.32. The maximum atomic E-state index is 11.8. The van der Waals surface area contributed by atoms with E-state index in [1.807, 2.05) is 6.07 Å². The van der Waals surface area contributed by atoms with E-state index in [0.717, 1.165) is 7.57 Å². The maximum absolute atomic E-state index is 11.8. The molecule has 17 heavy (non-hydrogen) atoms. The average molecular weight is 380 g/mol. The zero-order valence-electron chi connectivity index (χ0n) is 8.61. The number of hydrogen-bond acceptors (Lipinski definition) is 4. The highest BCUT2D eigenvalue weighted by Gasteiger charge is 2.13. The third-order valence-electron chi connectivity index (χ3n) is 2.01. The molecule has 0 aromatic carbocycles. The Morgan fingerprint density at radius 1 is 1.47 bits per heavy atom. The van der Waals surface area contributed by atoms with E-state index in [1.54, 1.807) is 18.4 Å². The van der Waals surface area contributed by atoms with Gasteiger partial charge in [0.05, 0.1) is 13.8 Å². The van der Waals surface area contributed by atoms with Crippen molar-refractivity contribution < 1.29 is 13.9 Å². The first kappa shape index (κ1) is 13.0. The minimum Gasteiger partial charge on any atom is -0.467 e. The van der Waals surface area contributed by atoms with Gasteiger partial charge in [-0.2, -0.15) is 0 Å². The Balaban J connectivity index is 1.87. The lowest BCUT2D eigenvalue weighted by Crippen LogP contribution is -2.08. The molecule has 0 radical (unpaired) electrons. The van der Waals surface area contributed by atoms with Crippen LogP contribution in [-0.4, -0.2) is 12.4 Å². The number of Topliss-reactive ketones (excluding diaryl/α,β-unsaturated/α-hetero) is 1. The molecule has 2 aromatic rings. The van der Waals surface area contributed by atoms with Gasteiger partial charge in [0, 0.05) is 5.56 Å². The van der Waals surface area contributed by atoms with Crippen molar-refractivity contribution in [3.05, 3.63) is 43.4 Å². The Labute approximate surface area is 119 Å². The second kappa shape index (κ2) is 5.95. The summed E-state index contributed by atoms with van der Waals surface area (Å²) in [5, 5.41) is 0. The molecule has 0 atom stereocenters. The summed E-state index contributed by atoms with van der Waals surface area (Å²) in [6, 6.07) is 5.38. The number of ether oxygens (including phenoxy) is 1. The molecule has 2 heterocycles. The smallest absolute Gasteiger partial charge is 0.190 e. The predicted octanol–water partition coefficient (Wildman–Crippen LogP) is 4.27. The summed E-state index contributed by atoms with van der Waals surface area (Å²) in [6.07, 6.45) is 1.58. The van der Waals surface area contributed by atoms with E-state index >= 15 is 0 Å². The van der Waals surface area contributed by atoms with Crippen molar-refractivity contribution in [3.63, 3.8) is 0 Å². The first-order chi connectivity index (χ1) is 8.16. The van der Waals surface area contributed by atoms with E-state index in [2.05, 4.69) is 31.9 Å². The van der Waals surface area contributed by atoms with E-state index in [0.29, 0.717) is 17.9 Å². The Morgan fingerprint density at radius 2 is 2.29 bits per heavy atom. The molecule has 2 aromatic heterocycles. The molecule has 0 aliphatic heterocycles. The second-order valence-corrected chi connectivity index (χ2v) is 6.98. The molecule has 0 aliphatic carbocycles. The molecule has 0 fully saturated rings. The van der Waals surface area contributed by atoms with Gasteiger partial charge in [-0.3, -0.25) is 4.79 Å². The number of thiophene rings is 1. The summed E-state index contributed by atoms with van der Waals surface area (Å²) in [7, 11) is 0. The van der Waals surface area contributed by atoms with E-state index in [-0.39, 0.29) is 12.4 Å². The van der Waals surface area contributed by atoms with Gasteiger partial charge in [-0.25, -0.2) is 0 Å². The first-order valence-electron chi connectivity index (χ1n) is 4.75. The topological polar surface area (TPSA) is 39.4 Å². The van der Waals surface area contributed by atoms with Gasteiger partial charge in [0.15, 0.2) is 5.78 Å². The molecular formula is C11H8Br2O3S. The van der Waals surface area contributed by atoms with Gasteiger partial charge in [0.25, 0.3) is 0 Å². The number of carbonyl (C=O) groups is 1. The van der Waals surface area contributed by atoms with Gasteiger partial charge in [-0.1, -0.05) is 0 Å². The van der Waals surface area contributed by atoms with Gasteiger partial charge in [0.1, 0.15) is 19.0 Å². The standard InChI is InChI=1S/C11H8Br2O3S/c12-10-4-8(11(13)17-10)9(14)6-15-5-7-2-1-3-16-7/h1-4H,5-6H2. The van der Waals surface area contributed by atoms with Crippen LogP contribution in [0.3, 0.4) is 0 Å². The summed E-state index contributed by atoms with van der Waals surface area (Å²) in [5.74, 6) is 0.661. The van der Waals surface area contributed by atoms with Gasteiger partial charge >= 0.3 is 0 Å². The summed E-state index contributed by atoms with van der Waals surface area (Å²) in [6.45, 7) is 0.351. The second-order valence-electron chi connectivity index (χ2n) is 3.23. The zero-order chi connectivity index (χ0) is 12.3. The summed E-state index contributed by atoms with van der Waals surface area (Å²) < 4.78 is 12.1. The quantitative estimate of drug-likeness (QED) is 0.728. The largest absolute Gasteiger partial charge is 0.467 e. The molecule has 0 unspecified atom stereocenters. The van der Waals surface area contributed by atoms with Crippen molar-refractivity contribution in [2.24, 2.45) is 0 Å². The highest BCUT2D eigenvalue weighted by atomic mass is 79.9. The van der Waals surface area contributed by atoms with Gasteiger partial charge < -0.3 is 9.15 Å². The highest BCUT2D eigenvalue weighted by molar-refractivity contribution is 9.12. The van der Waals surface area contributed by atoms with E-state index in [4.69, 9.17) is 9.15 Å². The Bertz CT molecular complexity index is 505. The lowest BCUT2D eigenvalue weighted by Gasteiger charge is -2.00. The fraction of sp³-hybridized carbons (Fsp3) is 0.182. The minimum atomic E-state index is -0.0506. The number of ketones is 1. The van der Waals surface area contributed by atoms with E-state index < -0.39 is 0 Å². The van der Waals surface area contributed by atoms with Crippen LogP contribution >= 0.6 is 43.2 Å². The molecule has 2 rings (SSSR count). The molecule has 0 spiro atoms. The summed E-state index contributed by atoms with van der Waals surface area (Å²) in [4.78, 5) is 11.8. The van der Waals surface area contributed by atoms with Gasteiger partial charge in [0.2, 0.25) is 0 Å². The third kappa shape index (κ3) is 3.51. The number of halogens is 2. The van der Waals surface area contributed by atoms with Crippen molar-refractivity contribution in [2.45, 2.75) is 6.61 Å². The van der Waals surface area contributed by atoms with Crippen LogP contribution in [0, 0.1) is 0 Å². The molecular weight excluding hydrogens is 372 g/mol. The average Bonchev–Trinajstić information content (AvgIpc) is 2.88. The molecule has 3 nitrogen and oxygen atoms in total. The first-order valence-corrected chi connectivity index (χ1v) is 7.15. The van der Waals surface area contributed by atoms with Crippen LogP contribution in [0.2, 0.25) is 0 Å². The normalized spacial score (nSPS) is 10.7. The van der Waals surface area contributed by atoms with Crippen LogP contribution < -0.4 is 0 Å². The molecule has 0 N–H and O–H groups in total. The van der Waals surface area contributed by atoms with Gasteiger partial charge in [-0.05, 0) is 50.1 Å². The fourth-order valence-corrected chi connectivity index (χ4v) is 4.10. The van der Waals surface area contributed by atoms with Gasteiger partial charge in [-0.15, -0.1) is 11.3 Å². The summed E-state index contributed by atoms with van der Waals surface area (Å²) >= 11 is 8.14. The SMILES string of the molecule is O=C(COCc1ccco1)c1cc(Br)sc1Br. The molecule has 0 saturated heterocycles. The summed E-state index contributed by atoms with van der Waals surface area (Å²) in [5.41, 5.74) is 0.640. The number of carbonyl (C=O) groups excluding carboxylic acids is 1. The van der Waals surface area contributed by atoms with Crippen LogP contribution in [-0.2, 0) is 11.3 Å². The van der Waals surface area contributed by atoms with E-state index in [9.17, 15) is 4.79 Å². The lowest BCUT2D eigenvalue weighted by atomic mass is 10.2. The van der Waals surface area contributed by atoms with Crippen molar-refractivity contribution in [1.82, 2.24) is 0 Å². The van der Waals surface area contributed by atoms with Crippen molar-refractivity contribution in [3.8, 4) is 0 Å². The van der Waals surface area contributed by atoms with Crippen LogP contribution in [0.25, 0.3) is 0 Å². The minimum absolute atomic E-state index is 0.0441. The van der Waals surface area contributed by atoms with Crippen LogP contribution in [0.1, 0.15) is 16.1 Å². The Kier molecular flexibility index (Phi) is 4.55. The van der Waals surface area contributed by atoms with Crippen molar-refractivity contribution in [2.75, 3.05) is 6.61 Å². The fourth-order valence-electron chi connectivity index (χ4n) is 1.25. The maximum Gasteiger partial charge on any atom is 0.190 e. The van der Waals surface area contributed by atoms with E-state index in [1.165, 1.54) is 11.3 Å². The number of furan rings is 1. The van der Waals surface area contributed by atoms with Crippen molar-refractivity contribution >= 4 is 49.0 Å². The molecule has 0 bridgehead atoms. The molecule has 0 saturated carbocycles. The van der Waals surface area contributed by atoms with Crippen LogP contribution in [0.15, 0.2) is 36.5 Å². The third-order valence-corrected chi connectivity index (χ3v) is 4.35. The molecule has 6 heteroatoms. The number of hydrogen-bond donors (Lipinski definition) is 0. The Hall–Kier alpha value is -0.430. The molecule has 90 valence electrons. The van der Waals surface area contributed by atoms with Crippen LogP contribution in [0.4, 0.5) is 0 Å². The lowest BCUT2D eigenvalue weighted by molar-refractivity contribution is 0.0691. The number of rotatable bonds is 5. The zero-order valence-corrected chi connectivity index (χ0v) is 12.6. The Morgan fingerprint density at radius 3 is 2.88 bits per heavy atom. The monoisotopic (exact) mass is 378 g/mol. The molecule has 0 aliphatic rings. The molecule has 0 amide bonds. The van der Waals surface area contributed by atoms with Crippen LogP contribution in [0.5, 0.6) is 0 Å². The van der Waals surface area contributed by atoms with Crippen molar-refractivity contribution in [1.29, 1.82) is 0 Å². The predicted molar refractivity (Wildman–Crippen MR) is 72.4 cm³/mol.